The third-order valence-corrected chi connectivity index (χ3v) is 4.89. The lowest BCUT2D eigenvalue weighted by Gasteiger charge is -2.16. The van der Waals surface area contributed by atoms with Crippen LogP contribution in [0.15, 0.2) is 6.20 Å². The Morgan fingerprint density at radius 1 is 1.56 bits per heavy atom. The van der Waals surface area contributed by atoms with E-state index in [4.69, 9.17) is 0 Å². The Morgan fingerprint density at radius 2 is 2.22 bits per heavy atom. The maximum absolute atomic E-state index is 11.5. The second-order valence-corrected chi connectivity index (χ2v) is 7.10. The van der Waals surface area contributed by atoms with Crippen molar-refractivity contribution in [2.45, 2.75) is 57.4 Å². The minimum absolute atomic E-state index is 0.155. The average molecular weight is 269 g/mol. The second-order valence-electron chi connectivity index (χ2n) is 5.29. The summed E-state index contributed by atoms with van der Waals surface area (Å²) in [7, 11) is -0.790. The molecule has 0 spiro atoms. The highest BCUT2D eigenvalue weighted by Gasteiger charge is 2.18. The van der Waals surface area contributed by atoms with E-state index in [0.29, 0.717) is 6.04 Å². The van der Waals surface area contributed by atoms with Crippen LogP contribution in [0, 0.1) is 6.92 Å². The molecule has 0 amide bonds. The maximum atomic E-state index is 11.5. The molecule has 1 fully saturated rings. The zero-order valence-electron chi connectivity index (χ0n) is 11.5. The van der Waals surface area contributed by atoms with E-state index in [9.17, 15) is 4.21 Å². The van der Waals surface area contributed by atoms with Gasteiger partial charge in [0.25, 0.3) is 0 Å². The third kappa shape index (κ3) is 3.34. The Labute approximate surface area is 112 Å². The van der Waals surface area contributed by atoms with Crippen molar-refractivity contribution in [2.24, 2.45) is 0 Å². The van der Waals surface area contributed by atoms with Crippen molar-refractivity contribution in [1.82, 2.24) is 9.55 Å². The molecule has 2 atom stereocenters. The Morgan fingerprint density at radius 3 is 2.83 bits per heavy atom. The minimum atomic E-state index is -0.790. The number of hydrogen-bond donors (Lipinski definition) is 1. The molecule has 18 heavy (non-hydrogen) atoms. The van der Waals surface area contributed by atoms with Gasteiger partial charge in [-0.05, 0) is 26.7 Å². The van der Waals surface area contributed by atoms with Crippen LogP contribution in [-0.4, -0.2) is 31.3 Å². The molecule has 0 aliphatic heterocycles. The molecule has 1 saturated carbocycles. The van der Waals surface area contributed by atoms with E-state index in [0.717, 1.165) is 18.2 Å². The van der Waals surface area contributed by atoms with Gasteiger partial charge in [-0.15, -0.1) is 0 Å². The average Bonchev–Trinajstić information content (AvgIpc) is 2.90. The molecule has 0 bridgehead atoms. The van der Waals surface area contributed by atoms with Gasteiger partial charge in [0, 0.05) is 41.1 Å². The standard InChI is InChI=1S/C13H23N3OS/c1-10-8-16(9-11(2)18(3)17)13(14-10)15-12-6-4-5-7-12/h8,11-12H,4-7,9H2,1-3H3,(H,14,15). The number of aryl methyl sites for hydroxylation is 1. The van der Waals surface area contributed by atoms with Crippen molar-refractivity contribution >= 4 is 16.7 Å². The molecule has 4 nitrogen and oxygen atoms in total. The van der Waals surface area contributed by atoms with Crippen LogP contribution < -0.4 is 5.32 Å². The van der Waals surface area contributed by atoms with Crippen molar-refractivity contribution in [3.8, 4) is 0 Å². The molecular weight excluding hydrogens is 246 g/mol. The number of imidazole rings is 1. The zero-order chi connectivity index (χ0) is 13.1. The van der Waals surface area contributed by atoms with Gasteiger partial charge in [-0.2, -0.15) is 0 Å². The number of hydrogen-bond acceptors (Lipinski definition) is 3. The van der Waals surface area contributed by atoms with Crippen LogP contribution in [-0.2, 0) is 17.3 Å². The zero-order valence-corrected chi connectivity index (χ0v) is 12.3. The summed E-state index contributed by atoms with van der Waals surface area (Å²) in [4.78, 5) is 4.54. The maximum Gasteiger partial charge on any atom is 0.203 e. The first kappa shape index (κ1) is 13.6. The summed E-state index contributed by atoms with van der Waals surface area (Å²) in [6.07, 6.45) is 8.90. The van der Waals surface area contributed by atoms with Crippen molar-refractivity contribution in [1.29, 1.82) is 0 Å². The predicted molar refractivity (Wildman–Crippen MR) is 76.4 cm³/mol. The number of nitrogens with zero attached hydrogens (tertiary/aromatic N) is 2. The van der Waals surface area contributed by atoms with E-state index in [2.05, 4.69) is 14.9 Å². The fourth-order valence-electron chi connectivity index (χ4n) is 2.44. The van der Waals surface area contributed by atoms with E-state index in [1.165, 1.54) is 25.7 Å². The SMILES string of the molecule is Cc1cn(CC(C)S(C)=O)c(NC2CCCC2)n1. The smallest absolute Gasteiger partial charge is 0.203 e. The third-order valence-electron chi connectivity index (χ3n) is 3.61. The number of nitrogens with one attached hydrogen (secondary N) is 1. The second kappa shape index (κ2) is 5.87. The molecule has 2 rings (SSSR count). The Hall–Kier alpha value is -0.840. The van der Waals surface area contributed by atoms with Crippen molar-refractivity contribution in [2.75, 3.05) is 11.6 Å². The fraction of sp³-hybridized carbons (Fsp3) is 0.769. The summed E-state index contributed by atoms with van der Waals surface area (Å²) in [5, 5.41) is 3.68. The molecule has 1 aromatic heterocycles. The van der Waals surface area contributed by atoms with Crippen molar-refractivity contribution in [3.05, 3.63) is 11.9 Å². The lowest BCUT2D eigenvalue weighted by atomic mass is 10.2. The summed E-state index contributed by atoms with van der Waals surface area (Å²) in [6, 6.07) is 0.563. The van der Waals surface area contributed by atoms with Crippen molar-refractivity contribution < 1.29 is 4.21 Å². The number of aromatic nitrogens is 2. The van der Waals surface area contributed by atoms with Crippen LogP contribution >= 0.6 is 0 Å². The van der Waals surface area contributed by atoms with Gasteiger partial charge >= 0.3 is 0 Å². The van der Waals surface area contributed by atoms with Gasteiger partial charge < -0.3 is 9.88 Å². The first-order valence-corrected chi connectivity index (χ1v) is 8.31. The molecule has 1 heterocycles. The molecule has 5 heteroatoms. The van der Waals surface area contributed by atoms with Gasteiger partial charge in [0.2, 0.25) is 5.95 Å². The van der Waals surface area contributed by atoms with Crippen LogP contribution in [0.5, 0.6) is 0 Å². The first-order valence-electron chi connectivity index (χ1n) is 6.69. The van der Waals surface area contributed by atoms with E-state index in [1.807, 2.05) is 20.0 Å². The highest BCUT2D eigenvalue weighted by molar-refractivity contribution is 7.84. The van der Waals surface area contributed by atoms with E-state index < -0.39 is 10.8 Å². The highest BCUT2D eigenvalue weighted by Crippen LogP contribution is 2.22. The molecule has 102 valence electrons. The molecule has 1 aliphatic carbocycles. The molecular formula is C13H23N3OS. The quantitative estimate of drug-likeness (QED) is 0.892. The molecule has 2 unspecified atom stereocenters. The predicted octanol–water partition coefficient (Wildman–Crippen LogP) is 2.31. The van der Waals surface area contributed by atoms with Gasteiger partial charge in [-0.3, -0.25) is 4.21 Å². The molecule has 1 aliphatic rings. The summed E-state index contributed by atoms with van der Waals surface area (Å²) in [6.45, 7) is 4.79. The minimum Gasteiger partial charge on any atom is -0.353 e. The first-order chi connectivity index (χ1) is 8.56. The topological polar surface area (TPSA) is 46.9 Å². The van der Waals surface area contributed by atoms with E-state index in [-0.39, 0.29) is 5.25 Å². The van der Waals surface area contributed by atoms with Gasteiger partial charge in [0.15, 0.2) is 0 Å². The number of rotatable bonds is 5. The van der Waals surface area contributed by atoms with Crippen LogP contribution in [0.3, 0.4) is 0 Å². The molecule has 1 N–H and O–H groups in total. The van der Waals surface area contributed by atoms with Gasteiger partial charge in [-0.1, -0.05) is 12.8 Å². The van der Waals surface area contributed by atoms with Crippen LogP contribution in [0.4, 0.5) is 5.95 Å². The van der Waals surface area contributed by atoms with E-state index in [1.54, 1.807) is 6.26 Å². The van der Waals surface area contributed by atoms with Gasteiger partial charge in [-0.25, -0.2) is 4.98 Å². The van der Waals surface area contributed by atoms with E-state index >= 15 is 0 Å². The summed E-state index contributed by atoms with van der Waals surface area (Å²) in [5.74, 6) is 0.941. The molecule has 0 radical (unpaired) electrons. The monoisotopic (exact) mass is 269 g/mol. The van der Waals surface area contributed by atoms with Gasteiger partial charge in [0.05, 0.1) is 5.69 Å². The largest absolute Gasteiger partial charge is 0.353 e. The molecule has 0 saturated heterocycles. The fourth-order valence-corrected chi connectivity index (χ4v) is 2.81. The van der Waals surface area contributed by atoms with Crippen LogP contribution in [0.1, 0.15) is 38.3 Å². The summed E-state index contributed by atoms with van der Waals surface area (Å²) >= 11 is 0. The lowest BCUT2D eigenvalue weighted by Crippen LogP contribution is -2.22. The van der Waals surface area contributed by atoms with Crippen molar-refractivity contribution in [3.63, 3.8) is 0 Å². The van der Waals surface area contributed by atoms with Gasteiger partial charge in [0.1, 0.15) is 0 Å². The Bertz CT molecular complexity index is 424. The molecule has 0 aromatic carbocycles. The normalized spacial score (nSPS) is 19.9. The lowest BCUT2D eigenvalue weighted by molar-refractivity contribution is 0.638. The number of anilines is 1. The highest BCUT2D eigenvalue weighted by atomic mass is 32.2. The summed E-state index contributed by atoms with van der Waals surface area (Å²) < 4.78 is 13.6. The Balaban J connectivity index is 2.06. The van der Waals surface area contributed by atoms with Crippen LogP contribution in [0.2, 0.25) is 0 Å². The molecule has 1 aromatic rings. The van der Waals surface area contributed by atoms with Crippen LogP contribution in [0.25, 0.3) is 0 Å². The Kier molecular flexibility index (Phi) is 4.43. The summed E-state index contributed by atoms with van der Waals surface area (Å²) in [5.41, 5.74) is 1.02.